The minimum atomic E-state index is -8.57. The van der Waals surface area contributed by atoms with Crippen molar-refractivity contribution in [3.8, 4) is 17.6 Å². The van der Waals surface area contributed by atoms with E-state index in [9.17, 15) is 85.8 Å². The fourth-order valence-electron chi connectivity index (χ4n) is 5.61. The van der Waals surface area contributed by atoms with Crippen LogP contribution in [0.25, 0.3) is 16.5 Å². The molecule has 23 heteroatoms. The summed E-state index contributed by atoms with van der Waals surface area (Å²) in [7, 11) is 0. The molecular weight excluding hydrogens is 703 g/mol. The minimum Gasteiger partial charge on any atom is -0.493 e. The molecule has 1 fully saturated rings. The third-order valence-electron chi connectivity index (χ3n) is 8.04. The highest BCUT2D eigenvalue weighted by molar-refractivity contribution is 5.93. The van der Waals surface area contributed by atoms with Crippen molar-refractivity contribution < 1.29 is 75.8 Å². The number of aromatic hydroxyl groups is 1. The van der Waals surface area contributed by atoms with Gasteiger partial charge >= 0.3 is 53.3 Å². The van der Waals surface area contributed by atoms with E-state index in [1.807, 2.05) is 0 Å². The predicted octanol–water partition coefficient (Wildman–Crippen LogP) is 5.97. The second kappa shape index (κ2) is 9.94. The van der Waals surface area contributed by atoms with Gasteiger partial charge in [0.05, 0.1) is 24.0 Å². The van der Waals surface area contributed by atoms with Crippen molar-refractivity contribution in [2.24, 2.45) is 0 Å². The Morgan fingerprint density at radius 1 is 0.833 bits per heavy atom. The van der Waals surface area contributed by atoms with Crippen molar-refractivity contribution in [1.29, 1.82) is 5.26 Å². The van der Waals surface area contributed by atoms with Gasteiger partial charge in [-0.05, 0) is 6.42 Å². The van der Waals surface area contributed by atoms with Crippen molar-refractivity contribution in [3.05, 3.63) is 52.3 Å². The first-order valence-electron chi connectivity index (χ1n) is 12.7. The summed E-state index contributed by atoms with van der Waals surface area (Å²) in [6.45, 7) is -1.25. The van der Waals surface area contributed by atoms with Gasteiger partial charge in [0.15, 0.2) is 0 Å². The van der Waals surface area contributed by atoms with Gasteiger partial charge in [0.25, 0.3) is 0 Å². The zero-order valence-electron chi connectivity index (χ0n) is 22.6. The van der Waals surface area contributed by atoms with Gasteiger partial charge in [-0.1, -0.05) is 24.3 Å². The number of likely N-dealkylation sites (tertiary alicyclic amines) is 1. The van der Waals surface area contributed by atoms with E-state index in [-0.39, 0.29) is 22.2 Å². The molecular formula is C25H12F15N5O3. The van der Waals surface area contributed by atoms with Crippen LogP contribution in [0.1, 0.15) is 29.9 Å². The number of imidazole rings is 1. The van der Waals surface area contributed by atoms with Gasteiger partial charge in [-0.15, -0.1) is 0 Å². The fourth-order valence-corrected chi connectivity index (χ4v) is 5.61. The molecule has 3 aromatic rings. The number of carbonyl (C=O) groups is 1. The minimum absolute atomic E-state index is 0.0910. The summed E-state index contributed by atoms with van der Waals surface area (Å²) in [4.78, 5) is 29.3. The molecule has 1 aromatic carbocycles. The number of nitrogens with zero attached hydrogens (tertiary/aromatic N) is 5. The molecule has 1 saturated heterocycles. The normalized spacial score (nSPS) is 19.2. The van der Waals surface area contributed by atoms with E-state index >= 15 is 0 Å². The lowest BCUT2D eigenvalue weighted by Gasteiger charge is -2.42. The van der Waals surface area contributed by atoms with Gasteiger partial charge in [0, 0.05) is 17.3 Å². The van der Waals surface area contributed by atoms with Crippen LogP contribution in [-0.4, -0.2) is 78.3 Å². The molecule has 1 N–H and O–H groups in total. The smallest absolute Gasteiger partial charge is 0.460 e. The van der Waals surface area contributed by atoms with Crippen LogP contribution >= 0.6 is 0 Å². The van der Waals surface area contributed by atoms with Gasteiger partial charge in [0.1, 0.15) is 17.5 Å². The number of halogens is 15. The number of amides is 1. The summed E-state index contributed by atoms with van der Waals surface area (Å²) in [6.07, 6.45) is -7.52. The van der Waals surface area contributed by atoms with Crippen molar-refractivity contribution in [2.45, 2.75) is 60.2 Å². The van der Waals surface area contributed by atoms with Crippen LogP contribution in [-0.2, 0) is 4.79 Å². The van der Waals surface area contributed by atoms with E-state index < -0.39 is 94.8 Å². The Morgan fingerprint density at radius 2 is 1.35 bits per heavy atom. The molecule has 4 heterocycles. The van der Waals surface area contributed by atoms with Crippen molar-refractivity contribution in [3.63, 3.8) is 0 Å². The van der Waals surface area contributed by atoms with Gasteiger partial charge < -0.3 is 10.0 Å². The first kappa shape index (κ1) is 34.7. The number of nitriles is 1. The maximum absolute atomic E-state index is 14.8. The van der Waals surface area contributed by atoms with Crippen LogP contribution in [0.5, 0.6) is 5.88 Å². The Balaban J connectivity index is 1.54. The number of carbonyl (C=O) groups excluding carboxylic acids is 1. The molecule has 1 amide bonds. The van der Waals surface area contributed by atoms with Gasteiger partial charge in [0.2, 0.25) is 5.88 Å². The lowest BCUT2D eigenvalue weighted by atomic mass is 9.90. The monoisotopic (exact) mass is 715 g/mol. The second-order valence-electron chi connectivity index (χ2n) is 10.7. The molecule has 0 spiro atoms. The fraction of sp³-hybridized carbons (Fsp3) is 0.440. The summed E-state index contributed by atoms with van der Waals surface area (Å²) in [5.41, 5.74) is -2.35. The maximum Gasteiger partial charge on any atom is 0.460 e. The van der Waals surface area contributed by atoms with Gasteiger partial charge in [-0.2, -0.15) is 71.1 Å². The summed E-state index contributed by atoms with van der Waals surface area (Å²) >= 11 is 0. The van der Waals surface area contributed by atoms with Gasteiger partial charge in [-0.3, -0.25) is 9.36 Å². The van der Waals surface area contributed by atoms with Crippen LogP contribution in [0.2, 0.25) is 0 Å². The summed E-state index contributed by atoms with van der Waals surface area (Å²) < 4.78 is 206. The predicted molar refractivity (Wildman–Crippen MR) is 126 cm³/mol. The number of rotatable bonds is 7. The van der Waals surface area contributed by atoms with Crippen molar-refractivity contribution in [2.75, 3.05) is 6.54 Å². The molecule has 2 aliphatic rings. The molecule has 48 heavy (non-hydrogen) atoms. The molecule has 0 unspecified atom stereocenters. The van der Waals surface area contributed by atoms with E-state index in [0.717, 1.165) is 6.20 Å². The Labute approximate surface area is 254 Å². The highest BCUT2D eigenvalue weighted by atomic mass is 19.4. The van der Waals surface area contributed by atoms with Crippen molar-refractivity contribution in [1.82, 2.24) is 19.0 Å². The molecule has 0 aliphatic carbocycles. The largest absolute Gasteiger partial charge is 0.493 e. The van der Waals surface area contributed by atoms with E-state index in [2.05, 4.69) is 4.98 Å². The molecule has 8 nitrogen and oxygen atoms in total. The Morgan fingerprint density at radius 3 is 1.90 bits per heavy atom. The average Bonchev–Trinajstić information content (AvgIpc) is 3.66. The number of aromatic nitrogens is 3. The third-order valence-corrected chi connectivity index (χ3v) is 8.04. The third kappa shape index (κ3) is 4.02. The van der Waals surface area contributed by atoms with Crippen LogP contribution in [0.15, 0.2) is 35.3 Å². The molecule has 5 rings (SSSR count). The lowest BCUT2D eigenvalue weighted by molar-refractivity contribution is -0.450. The highest BCUT2D eigenvalue weighted by Gasteiger charge is 2.94. The average molecular weight is 715 g/mol. The number of benzene rings is 1. The quantitative estimate of drug-likeness (QED) is 0.304. The molecule has 2 atom stereocenters. The standard InChI is InChI=1S/C25H12F15N5O3/c26-19(27,20(28,29)21(30,31)22(32,33)23(34,35)24(36,37)25(38,39)40)17(47)43-8-9-5-13(43)15-16(46)45(18(48)44(9)15)14-7-42-12(6-41)10-3-1-2-4-11(10)14/h1-4,7,9,13,46H,5,8H2/t9-,13-/m0/s1. The highest BCUT2D eigenvalue weighted by Crippen LogP contribution is 2.63. The number of alkyl halides is 15. The molecule has 2 aliphatic heterocycles. The molecule has 0 radical (unpaired) electrons. The van der Waals surface area contributed by atoms with Crippen LogP contribution < -0.4 is 5.69 Å². The SMILES string of the molecule is N#Cc1ncc(-n2c(O)c3n(c2=O)[C@H]2C[C@@H]3N(C(=O)C(F)(F)C(F)(F)C(F)(F)C(F)(F)C(F)(F)C(F)(F)C(F)(F)F)C2)c2ccccc12. The molecule has 2 aromatic heterocycles. The Hall–Kier alpha value is -4.65. The Bertz CT molecular complexity index is 1940. The topological polar surface area (TPSA) is 104 Å². The first-order valence-corrected chi connectivity index (χ1v) is 12.7. The zero-order chi connectivity index (χ0) is 36.4. The number of hydrogen-bond donors (Lipinski definition) is 1. The number of hydrogen-bond acceptors (Lipinski definition) is 5. The summed E-state index contributed by atoms with van der Waals surface area (Å²) in [5.74, 6) is -53.6. The van der Waals surface area contributed by atoms with Crippen LogP contribution in [0.4, 0.5) is 65.9 Å². The first-order chi connectivity index (χ1) is 21.7. The van der Waals surface area contributed by atoms with Gasteiger partial charge in [-0.25, -0.2) is 14.3 Å². The van der Waals surface area contributed by atoms with E-state index in [1.165, 1.54) is 24.3 Å². The van der Waals surface area contributed by atoms with E-state index in [0.29, 0.717) is 9.13 Å². The van der Waals surface area contributed by atoms with E-state index in [1.54, 1.807) is 6.07 Å². The number of fused-ring (bicyclic) bond motifs is 6. The van der Waals surface area contributed by atoms with Crippen LogP contribution in [0, 0.1) is 11.3 Å². The van der Waals surface area contributed by atoms with Crippen LogP contribution in [0.3, 0.4) is 0 Å². The molecule has 260 valence electrons. The summed E-state index contributed by atoms with van der Waals surface area (Å²) in [6, 6.07) is 3.78. The number of pyridine rings is 1. The zero-order valence-corrected chi connectivity index (χ0v) is 22.6. The Kier molecular flexibility index (Phi) is 7.18. The maximum atomic E-state index is 14.8. The molecule has 0 saturated carbocycles. The summed E-state index contributed by atoms with van der Waals surface area (Å²) in [5, 5.41) is 20.5. The lowest BCUT2D eigenvalue weighted by Crippen LogP contribution is -2.74. The van der Waals surface area contributed by atoms with Crippen molar-refractivity contribution >= 4 is 16.7 Å². The molecule has 2 bridgehead atoms. The second-order valence-corrected chi connectivity index (χ2v) is 10.7. The van der Waals surface area contributed by atoms with E-state index in [4.69, 9.17) is 0 Å².